The van der Waals surface area contributed by atoms with Crippen LogP contribution in [0.2, 0.25) is 0 Å². The number of nitrogens with one attached hydrogen (secondary N) is 1. The Hall–Kier alpha value is -2.37. The molecule has 0 aromatic heterocycles. The number of amides is 2. The zero-order valence-electron chi connectivity index (χ0n) is 13.2. The van der Waals surface area contributed by atoms with Gasteiger partial charge in [0, 0.05) is 38.5 Å². The van der Waals surface area contributed by atoms with E-state index in [9.17, 15) is 14.4 Å². The first-order valence-corrected chi connectivity index (χ1v) is 7.80. The normalized spacial score (nSPS) is 15.3. The highest BCUT2D eigenvalue weighted by Crippen LogP contribution is 2.22. The highest BCUT2D eigenvalue weighted by atomic mass is 16.4. The van der Waals surface area contributed by atoms with Crippen molar-refractivity contribution in [1.29, 1.82) is 0 Å². The third-order valence-corrected chi connectivity index (χ3v) is 4.11. The second-order valence-corrected chi connectivity index (χ2v) is 5.94. The van der Waals surface area contributed by atoms with Crippen molar-refractivity contribution in [2.45, 2.75) is 32.7 Å². The summed E-state index contributed by atoms with van der Waals surface area (Å²) < 4.78 is 0. The van der Waals surface area contributed by atoms with Gasteiger partial charge in [-0.1, -0.05) is 12.1 Å². The number of piperidine rings is 1. The molecule has 1 heterocycles. The van der Waals surface area contributed by atoms with E-state index in [1.165, 1.54) is 6.92 Å². The minimum Gasteiger partial charge on any atom is -0.481 e. The summed E-state index contributed by atoms with van der Waals surface area (Å²) in [6.07, 6.45) is 1.65. The number of hydrogen-bond donors (Lipinski definition) is 2. The van der Waals surface area contributed by atoms with Crippen LogP contribution in [-0.4, -0.2) is 40.9 Å². The second-order valence-electron chi connectivity index (χ2n) is 5.94. The standard InChI is InChI=1S/C17H22N2O4/c1-12(20)18-11-14-2-4-15(5-3-14)17(23)19-8-6-13(7-9-19)10-16(21)22/h2-5,13H,6-11H2,1H3,(H,18,20)(H,21,22). The van der Waals surface area contributed by atoms with Crippen LogP contribution in [0.25, 0.3) is 0 Å². The predicted molar refractivity (Wildman–Crippen MR) is 84.8 cm³/mol. The Morgan fingerprint density at radius 2 is 1.78 bits per heavy atom. The largest absolute Gasteiger partial charge is 0.481 e. The lowest BCUT2D eigenvalue weighted by molar-refractivity contribution is -0.138. The number of aliphatic carboxylic acids is 1. The van der Waals surface area contributed by atoms with Crippen LogP contribution in [0.5, 0.6) is 0 Å². The van der Waals surface area contributed by atoms with Crippen molar-refractivity contribution < 1.29 is 19.5 Å². The molecule has 0 bridgehead atoms. The third kappa shape index (κ3) is 5.09. The Morgan fingerprint density at radius 1 is 1.17 bits per heavy atom. The number of likely N-dealkylation sites (tertiary alicyclic amines) is 1. The quantitative estimate of drug-likeness (QED) is 0.864. The van der Waals surface area contributed by atoms with Crippen molar-refractivity contribution in [3.05, 3.63) is 35.4 Å². The van der Waals surface area contributed by atoms with Crippen molar-refractivity contribution >= 4 is 17.8 Å². The zero-order chi connectivity index (χ0) is 16.8. The Bertz CT molecular complexity index is 575. The molecule has 1 aromatic carbocycles. The molecule has 2 N–H and O–H groups in total. The molecule has 1 aliphatic rings. The van der Waals surface area contributed by atoms with Gasteiger partial charge >= 0.3 is 5.97 Å². The molecule has 1 aliphatic heterocycles. The Kier molecular flexibility index (Phi) is 5.73. The molecule has 23 heavy (non-hydrogen) atoms. The van der Waals surface area contributed by atoms with Crippen molar-refractivity contribution in [2.75, 3.05) is 13.1 Å². The minimum atomic E-state index is -0.774. The van der Waals surface area contributed by atoms with Gasteiger partial charge in [-0.25, -0.2) is 0 Å². The summed E-state index contributed by atoms with van der Waals surface area (Å²) >= 11 is 0. The van der Waals surface area contributed by atoms with E-state index in [-0.39, 0.29) is 24.2 Å². The predicted octanol–water partition coefficient (Wildman–Crippen LogP) is 1.65. The first-order valence-electron chi connectivity index (χ1n) is 7.80. The zero-order valence-corrected chi connectivity index (χ0v) is 13.2. The maximum Gasteiger partial charge on any atom is 0.303 e. The maximum absolute atomic E-state index is 12.4. The van der Waals surface area contributed by atoms with E-state index >= 15 is 0 Å². The van der Waals surface area contributed by atoms with E-state index in [0.717, 1.165) is 18.4 Å². The number of carboxylic acid groups (broad SMARTS) is 1. The highest BCUT2D eigenvalue weighted by Gasteiger charge is 2.24. The van der Waals surface area contributed by atoms with E-state index in [0.29, 0.717) is 25.2 Å². The SMILES string of the molecule is CC(=O)NCc1ccc(C(=O)N2CCC(CC(=O)O)CC2)cc1. The number of hydrogen-bond acceptors (Lipinski definition) is 3. The third-order valence-electron chi connectivity index (χ3n) is 4.11. The number of carboxylic acids is 1. The number of carbonyl (C=O) groups is 3. The first-order chi connectivity index (χ1) is 11.0. The molecule has 1 saturated heterocycles. The van der Waals surface area contributed by atoms with Gasteiger partial charge in [-0.2, -0.15) is 0 Å². The fourth-order valence-corrected chi connectivity index (χ4v) is 2.76. The number of nitrogens with zero attached hydrogens (tertiary/aromatic N) is 1. The monoisotopic (exact) mass is 318 g/mol. The van der Waals surface area contributed by atoms with E-state index in [1.54, 1.807) is 17.0 Å². The fraction of sp³-hybridized carbons (Fsp3) is 0.471. The van der Waals surface area contributed by atoms with Crippen molar-refractivity contribution in [3.8, 4) is 0 Å². The fourth-order valence-electron chi connectivity index (χ4n) is 2.76. The molecule has 2 amide bonds. The van der Waals surface area contributed by atoms with Gasteiger partial charge in [-0.3, -0.25) is 14.4 Å². The molecular formula is C17H22N2O4. The van der Waals surface area contributed by atoms with E-state index in [4.69, 9.17) is 5.11 Å². The minimum absolute atomic E-state index is 0.0233. The summed E-state index contributed by atoms with van der Waals surface area (Å²) in [5.74, 6) is -0.722. The van der Waals surface area contributed by atoms with Gasteiger partial charge in [0.2, 0.25) is 5.91 Å². The van der Waals surface area contributed by atoms with Crippen LogP contribution in [0, 0.1) is 5.92 Å². The molecule has 0 aliphatic carbocycles. The van der Waals surface area contributed by atoms with Crippen LogP contribution in [0.3, 0.4) is 0 Å². The van der Waals surface area contributed by atoms with Crippen molar-refractivity contribution in [2.24, 2.45) is 5.92 Å². The van der Waals surface area contributed by atoms with Crippen molar-refractivity contribution in [1.82, 2.24) is 10.2 Å². The summed E-state index contributed by atoms with van der Waals surface area (Å²) in [4.78, 5) is 35.8. The molecule has 0 saturated carbocycles. The van der Waals surface area contributed by atoms with E-state index in [2.05, 4.69) is 5.32 Å². The molecule has 1 fully saturated rings. The van der Waals surface area contributed by atoms with Gasteiger partial charge in [-0.15, -0.1) is 0 Å². The molecule has 6 nitrogen and oxygen atoms in total. The van der Waals surface area contributed by atoms with E-state index in [1.807, 2.05) is 12.1 Å². The molecule has 2 rings (SSSR count). The average molecular weight is 318 g/mol. The lowest BCUT2D eigenvalue weighted by Crippen LogP contribution is -2.38. The van der Waals surface area contributed by atoms with Gasteiger partial charge in [-0.05, 0) is 36.5 Å². The molecule has 6 heteroatoms. The van der Waals surface area contributed by atoms with Gasteiger partial charge < -0.3 is 15.3 Å². The summed E-state index contributed by atoms with van der Waals surface area (Å²) in [5.41, 5.74) is 1.56. The summed E-state index contributed by atoms with van der Waals surface area (Å²) in [5, 5.41) is 11.5. The number of benzene rings is 1. The Labute approximate surface area is 135 Å². The summed E-state index contributed by atoms with van der Waals surface area (Å²) in [7, 11) is 0. The Morgan fingerprint density at radius 3 is 2.30 bits per heavy atom. The topological polar surface area (TPSA) is 86.7 Å². The lowest BCUT2D eigenvalue weighted by Gasteiger charge is -2.31. The maximum atomic E-state index is 12.4. The number of rotatable bonds is 5. The van der Waals surface area contributed by atoms with Crippen molar-refractivity contribution in [3.63, 3.8) is 0 Å². The van der Waals surface area contributed by atoms with E-state index < -0.39 is 5.97 Å². The molecule has 0 unspecified atom stereocenters. The van der Waals surface area contributed by atoms with Crippen LogP contribution in [0.1, 0.15) is 42.1 Å². The van der Waals surface area contributed by atoms with Gasteiger partial charge in [0.1, 0.15) is 0 Å². The van der Waals surface area contributed by atoms with Gasteiger partial charge in [0.05, 0.1) is 0 Å². The molecule has 124 valence electrons. The van der Waals surface area contributed by atoms with Crippen LogP contribution in [-0.2, 0) is 16.1 Å². The van der Waals surface area contributed by atoms with Gasteiger partial charge in [0.15, 0.2) is 0 Å². The summed E-state index contributed by atoms with van der Waals surface area (Å²) in [6, 6.07) is 7.20. The lowest BCUT2D eigenvalue weighted by atomic mass is 9.93. The first kappa shape index (κ1) is 17.0. The highest BCUT2D eigenvalue weighted by molar-refractivity contribution is 5.94. The van der Waals surface area contributed by atoms with Gasteiger partial charge in [0.25, 0.3) is 5.91 Å². The molecule has 0 atom stereocenters. The summed E-state index contributed by atoms with van der Waals surface area (Å²) in [6.45, 7) is 3.12. The molecule has 0 radical (unpaired) electrons. The molecular weight excluding hydrogens is 296 g/mol. The second kappa shape index (κ2) is 7.76. The smallest absolute Gasteiger partial charge is 0.303 e. The average Bonchev–Trinajstić information content (AvgIpc) is 2.53. The molecule has 1 aromatic rings. The van der Waals surface area contributed by atoms with Crippen LogP contribution in [0.4, 0.5) is 0 Å². The molecule has 0 spiro atoms. The van der Waals surface area contributed by atoms with Crippen LogP contribution < -0.4 is 5.32 Å². The van der Waals surface area contributed by atoms with Crippen LogP contribution >= 0.6 is 0 Å². The number of carbonyl (C=O) groups excluding carboxylic acids is 2. The van der Waals surface area contributed by atoms with Crippen LogP contribution in [0.15, 0.2) is 24.3 Å². The Balaban J connectivity index is 1.88.